The topological polar surface area (TPSA) is 73.8 Å². The summed E-state index contributed by atoms with van der Waals surface area (Å²) >= 11 is 0. The van der Waals surface area contributed by atoms with Crippen LogP contribution >= 0.6 is 0 Å². The maximum absolute atomic E-state index is 13.2. The van der Waals surface area contributed by atoms with Crippen molar-refractivity contribution in [2.45, 2.75) is 32.4 Å². The van der Waals surface area contributed by atoms with E-state index in [1.54, 1.807) is 7.05 Å². The summed E-state index contributed by atoms with van der Waals surface area (Å²) in [7, 11) is 1.70. The molecule has 0 saturated carbocycles. The molecule has 0 aliphatic carbocycles. The minimum Gasteiger partial charge on any atom is -0.311 e. The number of carbonyl (C=O) groups is 2. The number of benzene rings is 3. The Balaban J connectivity index is 1.61. The van der Waals surface area contributed by atoms with Gasteiger partial charge in [0.2, 0.25) is 6.17 Å². The number of rotatable bonds is 3. The van der Waals surface area contributed by atoms with Gasteiger partial charge in [-0.25, -0.2) is 9.79 Å². The first-order chi connectivity index (χ1) is 15.7. The van der Waals surface area contributed by atoms with Crippen LogP contribution in [-0.4, -0.2) is 30.9 Å². The lowest BCUT2D eigenvalue weighted by atomic mass is 9.87. The Morgan fingerprint density at radius 3 is 2.21 bits per heavy atom. The fourth-order valence-electron chi connectivity index (χ4n) is 3.79. The Morgan fingerprint density at radius 1 is 0.909 bits per heavy atom. The molecule has 0 aromatic heterocycles. The van der Waals surface area contributed by atoms with Gasteiger partial charge in [-0.1, -0.05) is 81.4 Å². The highest BCUT2D eigenvalue weighted by Crippen LogP contribution is 2.27. The molecule has 168 valence electrons. The molecule has 3 amide bonds. The Morgan fingerprint density at radius 2 is 1.55 bits per heavy atom. The van der Waals surface area contributed by atoms with E-state index in [1.165, 1.54) is 10.5 Å². The van der Waals surface area contributed by atoms with Gasteiger partial charge in [0.05, 0.1) is 11.4 Å². The summed E-state index contributed by atoms with van der Waals surface area (Å²) in [6, 6.07) is 24.5. The van der Waals surface area contributed by atoms with Gasteiger partial charge in [0, 0.05) is 23.9 Å². The van der Waals surface area contributed by atoms with E-state index in [-0.39, 0.29) is 11.3 Å². The van der Waals surface area contributed by atoms with E-state index in [4.69, 9.17) is 4.99 Å². The van der Waals surface area contributed by atoms with Gasteiger partial charge in [-0.15, -0.1) is 0 Å². The lowest BCUT2D eigenvalue weighted by molar-refractivity contribution is -0.119. The molecular formula is C27H28N4O2. The van der Waals surface area contributed by atoms with Crippen LogP contribution < -0.4 is 15.5 Å². The van der Waals surface area contributed by atoms with Gasteiger partial charge in [0.25, 0.3) is 5.91 Å². The summed E-state index contributed by atoms with van der Waals surface area (Å²) in [5.41, 5.74) is 4.95. The average molecular weight is 441 g/mol. The Kier molecular flexibility index (Phi) is 6.01. The van der Waals surface area contributed by atoms with Crippen molar-refractivity contribution >= 4 is 29.0 Å². The van der Waals surface area contributed by atoms with Crippen molar-refractivity contribution < 1.29 is 9.59 Å². The second kappa shape index (κ2) is 8.90. The van der Waals surface area contributed by atoms with E-state index in [1.807, 2.05) is 78.9 Å². The van der Waals surface area contributed by atoms with Gasteiger partial charge in [-0.2, -0.15) is 0 Å². The molecule has 1 heterocycles. The zero-order valence-electron chi connectivity index (χ0n) is 19.3. The Labute approximate surface area is 194 Å². The number of benzodiazepines with no additional fused rings is 1. The number of nitrogens with zero attached hydrogens (tertiary/aromatic N) is 2. The van der Waals surface area contributed by atoms with Crippen molar-refractivity contribution in [1.29, 1.82) is 0 Å². The first-order valence-corrected chi connectivity index (χ1v) is 10.9. The number of carbonyl (C=O) groups excluding carboxylic acids is 2. The molecule has 0 spiro atoms. The van der Waals surface area contributed by atoms with Crippen LogP contribution in [0.4, 0.5) is 16.2 Å². The summed E-state index contributed by atoms with van der Waals surface area (Å²) in [6.07, 6.45) is -1.06. The largest absolute Gasteiger partial charge is 0.321 e. The minimum absolute atomic E-state index is 0.0235. The Bertz CT molecular complexity index is 1190. The second-order valence-corrected chi connectivity index (χ2v) is 9.09. The molecule has 6 heteroatoms. The van der Waals surface area contributed by atoms with E-state index < -0.39 is 12.2 Å². The molecular weight excluding hydrogens is 412 g/mol. The third-order valence-corrected chi connectivity index (χ3v) is 5.67. The fraction of sp³-hybridized carbons (Fsp3) is 0.222. The number of fused-ring (bicyclic) bond motifs is 1. The average Bonchev–Trinajstić information content (AvgIpc) is 2.90. The number of aliphatic imine (C=N–C) groups is 1. The molecule has 0 fully saturated rings. The maximum atomic E-state index is 13.2. The normalized spacial score (nSPS) is 15.9. The molecule has 1 aliphatic heterocycles. The van der Waals surface area contributed by atoms with E-state index in [0.717, 1.165) is 16.8 Å². The van der Waals surface area contributed by atoms with E-state index >= 15 is 0 Å². The molecule has 0 bridgehead atoms. The smallest absolute Gasteiger partial charge is 0.311 e. The van der Waals surface area contributed by atoms with Crippen molar-refractivity contribution in [3.8, 4) is 0 Å². The molecule has 0 saturated heterocycles. The predicted octanol–water partition coefficient (Wildman–Crippen LogP) is 4.95. The summed E-state index contributed by atoms with van der Waals surface area (Å²) in [4.78, 5) is 32.2. The van der Waals surface area contributed by atoms with Gasteiger partial charge in [0.15, 0.2) is 0 Å². The summed E-state index contributed by atoms with van der Waals surface area (Å²) in [5.74, 6) is -0.313. The highest BCUT2D eigenvalue weighted by Gasteiger charge is 2.31. The summed E-state index contributed by atoms with van der Waals surface area (Å²) in [6.45, 7) is 6.41. The molecule has 6 nitrogen and oxygen atoms in total. The number of hydrogen-bond acceptors (Lipinski definition) is 3. The van der Waals surface area contributed by atoms with Crippen LogP contribution in [0.1, 0.15) is 37.5 Å². The van der Waals surface area contributed by atoms with Gasteiger partial charge < -0.3 is 15.5 Å². The molecule has 3 aromatic rings. The number of urea groups is 1. The van der Waals surface area contributed by atoms with Crippen molar-refractivity contribution in [3.63, 3.8) is 0 Å². The van der Waals surface area contributed by atoms with Crippen LogP contribution in [0.15, 0.2) is 83.9 Å². The lowest BCUT2D eigenvalue weighted by Gasteiger charge is -2.21. The van der Waals surface area contributed by atoms with E-state index in [0.29, 0.717) is 11.4 Å². The zero-order chi connectivity index (χ0) is 23.6. The summed E-state index contributed by atoms with van der Waals surface area (Å²) < 4.78 is 0. The van der Waals surface area contributed by atoms with Crippen LogP contribution in [0, 0.1) is 0 Å². The molecule has 3 aromatic carbocycles. The van der Waals surface area contributed by atoms with Gasteiger partial charge in [-0.05, 0) is 29.2 Å². The van der Waals surface area contributed by atoms with Gasteiger partial charge in [-0.3, -0.25) is 4.79 Å². The van der Waals surface area contributed by atoms with Crippen LogP contribution in [0.5, 0.6) is 0 Å². The fourth-order valence-corrected chi connectivity index (χ4v) is 3.79. The lowest BCUT2D eigenvalue weighted by Crippen LogP contribution is -2.47. The van der Waals surface area contributed by atoms with Gasteiger partial charge >= 0.3 is 6.03 Å². The first kappa shape index (κ1) is 22.3. The van der Waals surface area contributed by atoms with Crippen LogP contribution in [0.25, 0.3) is 0 Å². The number of likely N-dealkylation sites (N-methyl/N-ethyl adjacent to an activating group) is 1. The van der Waals surface area contributed by atoms with Crippen LogP contribution in [0.3, 0.4) is 0 Å². The number of amides is 3. The number of para-hydroxylation sites is 1. The zero-order valence-corrected chi connectivity index (χ0v) is 19.3. The van der Waals surface area contributed by atoms with Crippen LogP contribution in [-0.2, 0) is 10.2 Å². The number of anilines is 2. The van der Waals surface area contributed by atoms with Crippen LogP contribution in [0.2, 0.25) is 0 Å². The van der Waals surface area contributed by atoms with Gasteiger partial charge in [0.1, 0.15) is 0 Å². The first-order valence-electron chi connectivity index (χ1n) is 10.9. The molecule has 2 N–H and O–H groups in total. The molecule has 1 atom stereocenters. The molecule has 33 heavy (non-hydrogen) atoms. The van der Waals surface area contributed by atoms with E-state index in [9.17, 15) is 9.59 Å². The predicted molar refractivity (Wildman–Crippen MR) is 133 cm³/mol. The quantitative estimate of drug-likeness (QED) is 0.605. The number of nitrogens with one attached hydrogen (secondary N) is 2. The number of hydrogen-bond donors (Lipinski definition) is 2. The monoisotopic (exact) mass is 440 g/mol. The third-order valence-electron chi connectivity index (χ3n) is 5.67. The van der Waals surface area contributed by atoms with Crippen molar-refractivity contribution in [1.82, 2.24) is 5.32 Å². The van der Waals surface area contributed by atoms with Crippen molar-refractivity contribution in [2.24, 2.45) is 4.99 Å². The molecule has 0 radical (unpaired) electrons. The molecule has 4 rings (SSSR count). The van der Waals surface area contributed by atoms with Crippen molar-refractivity contribution in [3.05, 3.63) is 95.6 Å². The second-order valence-electron chi connectivity index (χ2n) is 9.09. The highest BCUT2D eigenvalue weighted by molar-refractivity contribution is 6.20. The molecule has 1 aliphatic rings. The Hall–Kier alpha value is -3.93. The SMILES string of the molecule is CN1C(=O)C(NC(=O)Nc2ccc(C(C)(C)C)cc2)N=C(c2ccccc2)c2ccccc21. The third kappa shape index (κ3) is 4.80. The molecule has 1 unspecified atom stereocenters. The standard InChI is InChI=1S/C27H28N4O2/c1-27(2,3)19-14-16-20(17-15-19)28-26(33)30-24-25(32)31(4)22-13-9-8-12-21(22)23(29-24)18-10-6-5-7-11-18/h5-17,24H,1-4H3,(H2,28,30,33). The van der Waals surface area contributed by atoms with E-state index in [2.05, 4.69) is 31.4 Å². The maximum Gasteiger partial charge on any atom is 0.321 e. The highest BCUT2D eigenvalue weighted by atomic mass is 16.2. The van der Waals surface area contributed by atoms with Crippen molar-refractivity contribution in [2.75, 3.05) is 17.3 Å². The summed E-state index contributed by atoms with van der Waals surface area (Å²) in [5, 5.41) is 5.55. The minimum atomic E-state index is -1.06.